The Labute approximate surface area is 235 Å². The monoisotopic (exact) mass is 516 g/mol. The lowest BCUT2D eigenvalue weighted by Crippen LogP contribution is -2.54. The van der Waals surface area contributed by atoms with Gasteiger partial charge in [-0.15, -0.1) is 0 Å². The number of hydrogen-bond acceptors (Lipinski definition) is 1. The highest BCUT2D eigenvalue weighted by Gasteiger charge is 2.39. The van der Waals surface area contributed by atoms with E-state index in [1.807, 2.05) is 0 Å². The molecule has 1 nitrogen and oxygen atoms in total. The van der Waals surface area contributed by atoms with Gasteiger partial charge in [-0.3, -0.25) is 0 Å². The average molecular weight is 516 g/mol. The highest BCUT2D eigenvalue weighted by atomic mass is 15.2. The zero-order valence-corrected chi connectivity index (χ0v) is 26.1. The molecule has 0 unspecified atom stereocenters. The van der Waals surface area contributed by atoms with Crippen LogP contribution in [-0.4, -0.2) is 25.0 Å². The average Bonchev–Trinajstić information content (AvgIpc) is 2.88. The zero-order valence-electron chi connectivity index (χ0n) is 26.1. The molecule has 0 bridgehead atoms. The molecule has 1 rings (SSSR count). The second kappa shape index (κ2) is 25.7. The fraction of sp³-hybridized carbons (Fsp3) is 0.889. The largest absolute Gasteiger partial charge is 0.305 e. The van der Waals surface area contributed by atoms with Crippen molar-refractivity contribution in [1.29, 1.82) is 0 Å². The molecule has 0 aliphatic carbocycles. The molecule has 0 aromatic rings. The number of likely N-dealkylation sites (tertiary alicyclic amines) is 1. The Morgan fingerprint density at radius 2 is 0.730 bits per heavy atom. The van der Waals surface area contributed by atoms with Crippen molar-refractivity contribution >= 4 is 0 Å². The molecular formula is C36H69N. The van der Waals surface area contributed by atoms with Gasteiger partial charge in [0.25, 0.3) is 0 Å². The maximum Gasteiger partial charge on any atom is 0.00474 e. The SMILES string of the molecule is CCCCCCC=CCCCCCCCCC1(CCCCCCCCC=CCCCCCC)CN(C)C1. The maximum absolute atomic E-state index is 2.55. The molecule has 0 aromatic heterocycles. The summed E-state index contributed by atoms with van der Waals surface area (Å²) in [6.45, 7) is 7.31. The van der Waals surface area contributed by atoms with Crippen molar-refractivity contribution in [3.63, 3.8) is 0 Å². The highest BCUT2D eigenvalue weighted by Crippen LogP contribution is 2.40. The molecule has 1 saturated heterocycles. The first-order valence-electron chi connectivity index (χ1n) is 17.2. The van der Waals surface area contributed by atoms with E-state index in [-0.39, 0.29) is 0 Å². The summed E-state index contributed by atoms with van der Waals surface area (Å²) in [4.78, 5) is 2.55. The molecule has 37 heavy (non-hydrogen) atoms. The predicted molar refractivity (Wildman–Crippen MR) is 170 cm³/mol. The van der Waals surface area contributed by atoms with Crippen molar-refractivity contribution in [2.45, 2.75) is 181 Å². The quantitative estimate of drug-likeness (QED) is 0.0739. The fourth-order valence-electron chi connectivity index (χ4n) is 6.33. The first-order valence-corrected chi connectivity index (χ1v) is 17.2. The van der Waals surface area contributed by atoms with Crippen molar-refractivity contribution in [3.8, 4) is 0 Å². The Morgan fingerprint density at radius 1 is 0.432 bits per heavy atom. The summed E-state index contributed by atoms with van der Waals surface area (Å²) >= 11 is 0. The van der Waals surface area contributed by atoms with Gasteiger partial charge >= 0.3 is 0 Å². The van der Waals surface area contributed by atoms with Crippen LogP contribution in [-0.2, 0) is 0 Å². The lowest BCUT2D eigenvalue weighted by atomic mass is 9.72. The highest BCUT2D eigenvalue weighted by molar-refractivity contribution is 4.93. The number of nitrogens with zero attached hydrogens (tertiary/aromatic N) is 1. The van der Waals surface area contributed by atoms with Gasteiger partial charge in [0.15, 0.2) is 0 Å². The van der Waals surface area contributed by atoms with E-state index < -0.39 is 0 Å². The molecule has 1 fully saturated rings. The lowest BCUT2D eigenvalue weighted by molar-refractivity contribution is 0.00256. The standard InChI is InChI=1S/C36H69N/c1-4-6-8-10-12-14-16-18-20-22-24-26-28-30-32-36(34-37(3)35-36)33-31-29-27-25-23-21-19-17-15-13-11-9-7-5-2/h14-17H,4-13,18-35H2,1-3H3. The molecule has 1 aliphatic heterocycles. The van der Waals surface area contributed by atoms with Crippen molar-refractivity contribution in [2.24, 2.45) is 5.41 Å². The molecule has 1 heteroatoms. The van der Waals surface area contributed by atoms with Crippen molar-refractivity contribution in [1.82, 2.24) is 4.90 Å². The van der Waals surface area contributed by atoms with Crippen LogP contribution in [0.3, 0.4) is 0 Å². The van der Waals surface area contributed by atoms with E-state index >= 15 is 0 Å². The van der Waals surface area contributed by atoms with Gasteiger partial charge in [0.2, 0.25) is 0 Å². The smallest absolute Gasteiger partial charge is 0.00474 e. The minimum absolute atomic E-state index is 0.679. The van der Waals surface area contributed by atoms with Crippen LogP contribution in [0.15, 0.2) is 24.3 Å². The van der Waals surface area contributed by atoms with Gasteiger partial charge in [0, 0.05) is 13.1 Å². The van der Waals surface area contributed by atoms with Gasteiger partial charge in [-0.25, -0.2) is 0 Å². The van der Waals surface area contributed by atoms with Crippen molar-refractivity contribution < 1.29 is 0 Å². The van der Waals surface area contributed by atoms with Crippen LogP contribution in [0.4, 0.5) is 0 Å². The van der Waals surface area contributed by atoms with Gasteiger partial charge < -0.3 is 4.90 Å². The topological polar surface area (TPSA) is 3.24 Å². The van der Waals surface area contributed by atoms with Crippen LogP contribution in [0.1, 0.15) is 181 Å². The third-order valence-electron chi connectivity index (χ3n) is 8.65. The molecule has 0 radical (unpaired) electrons. The Kier molecular flexibility index (Phi) is 23.9. The normalized spacial score (nSPS) is 15.8. The van der Waals surface area contributed by atoms with Crippen LogP contribution < -0.4 is 0 Å². The number of allylic oxidation sites excluding steroid dienone is 4. The first-order chi connectivity index (χ1) is 18.2. The summed E-state index contributed by atoms with van der Waals surface area (Å²) in [6.07, 6.45) is 46.4. The first kappa shape index (κ1) is 34.5. The summed E-state index contributed by atoms with van der Waals surface area (Å²) < 4.78 is 0. The molecule has 218 valence electrons. The Bertz CT molecular complexity index is 473. The summed E-state index contributed by atoms with van der Waals surface area (Å²) in [7, 11) is 2.32. The molecule has 0 saturated carbocycles. The maximum atomic E-state index is 2.55. The summed E-state index contributed by atoms with van der Waals surface area (Å²) in [6, 6.07) is 0. The third kappa shape index (κ3) is 21.0. The Morgan fingerprint density at radius 3 is 1.05 bits per heavy atom. The van der Waals surface area contributed by atoms with Gasteiger partial charge in [-0.1, -0.05) is 141 Å². The van der Waals surface area contributed by atoms with Gasteiger partial charge in [0.05, 0.1) is 0 Å². The molecule has 0 N–H and O–H groups in total. The van der Waals surface area contributed by atoms with E-state index in [0.717, 1.165) is 0 Å². The summed E-state index contributed by atoms with van der Waals surface area (Å²) in [5.74, 6) is 0. The minimum Gasteiger partial charge on any atom is -0.305 e. The molecular weight excluding hydrogens is 446 g/mol. The molecule has 0 amide bonds. The Balaban J connectivity index is 1.92. The van der Waals surface area contributed by atoms with Gasteiger partial charge in [-0.2, -0.15) is 0 Å². The Hall–Kier alpha value is -0.560. The zero-order chi connectivity index (χ0) is 26.7. The van der Waals surface area contributed by atoms with E-state index in [1.165, 1.54) is 180 Å². The molecule has 1 heterocycles. The second-order valence-corrected chi connectivity index (χ2v) is 12.6. The van der Waals surface area contributed by atoms with E-state index in [0.29, 0.717) is 5.41 Å². The second-order valence-electron chi connectivity index (χ2n) is 12.6. The molecule has 1 aliphatic rings. The van der Waals surface area contributed by atoms with Gasteiger partial charge in [0.1, 0.15) is 0 Å². The fourth-order valence-corrected chi connectivity index (χ4v) is 6.33. The molecule has 0 spiro atoms. The van der Waals surface area contributed by atoms with Crippen molar-refractivity contribution in [2.75, 3.05) is 20.1 Å². The predicted octanol–water partition coefficient (Wildman–Crippen LogP) is 12.2. The van der Waals surface area contributed by atoms with Crippen LogP contribution >= 0.6 is 0 Å². The minimum atomic E-state index is 0.679. The lowest BCUT2D eigenvalue weighted by Gasteiger charge is -2.49. The van der Waals surface area contributed by atoms with E-state index in [1.54, 1.807) is 0 Å². The van der Waals surface area contributed by atoms with Crippen LogP contribution in [0, 0.1) is 5.41 Å². The van der Waals surface area contributed by atoms with Crippen LogP contribution in [0.5, 0.6) is 0 Å². The third-order valence-corrected chi connectivity index (χ3v) is 8.65. The number of unbranched alkanes of at least 4 members (excludes halogenated alkanes) is 20. The summed E-state index contributed by atoms with van der Waals surface area (Å²) in [5, 5.41) is 0. The van der Waals surface area contributed by atoms with E-state index in [2.05, 4.69) is 50.1 Å². The van der Waals surface area contributed by atoms with E-state index in [9.17, 15) is 0 Å². The van der Waals surface area contributed by atoms with E-state index in [4.69, 9.17) is 0 Å². The van der Waals surface area contributed by atoms with Crippen LogP contribution in [0.25, 0.3) is 0 Å². The summed E-state index contributed by atoms with van der Waals surface area (Å²) in [5.41, 5.74) is 0.679. The van der Waals surface area contributed by atoms with Crippen LogP contribution in [0.2, 0.25) is 0 Å². The molecule has 0 aromatic carbocycles. The van der Waals surface area contributed by atoms with Crippen molar-refractivity contribution in [3.05, 3.63) is 24.3 Å². The van der Waals surface area contributed by atoms with Gasteiger partial charge in [-0.05, 0) is 76.7 Å². The number of hydrogen-bond donors (Lipinski definition) is 0. The number of rotatable bonds is 28. The molecule has 0 atom stereocenters.